The van der Waals surface area contributed by atoms with Crippen molar-refractivity contribution in [2.45, 2.75) is 13.8 Å². The summed E-state index contributed by atoms with van der Waals surface area (Å²) in [5, 5.41) is 13.7. The summed E-state index contributed by atoms with van der Waals surface area (Å²) < 4.78 is 15.6. The highest BCUT2D eigenvalue weighted by Crippen LogP contribution is 2.36. The molecule has 1 amide bonds. The molecule has 0 bridgehead atoms. The van der Waals surface area contributed by atoms with Crippen LogP contribution >= 0.6 is 0 Å². The lowest BCUT2D eigenvalue weighted by Crippen LogP contribution is -2.24. The van der Waals surface area contributed by atoms with E-state index in [1.807, 2.05) is 32.0 Å². The first-order chi connectivity index (χ1) is 12.4. The minimum atomic E-state index is -0.391. The molecular weight excluding hydrogens is 336 g/mol. The zero-order valence-corrected chi connectivity index (χ0v) is 15.2. The maximum atomic E-state index is 11.8. The summed E-state index contributed by atoms with van der Waals surface area (Å²) in [6, 6.07) is 8.76. The highest BCUT2D eigenvalue weighted by atomic mass is 16.5. The van der Waals surface area contributed by atoms with Crippen LogP contribution in [0.15, 0.2) is 35.4 Å². The fourth-order valence-electron chi connectivity index (χ4n) is 2.15. The van der Waals surface area contributed by atoms with Crippen molar-refractivity contribution in [1.29, 1.82) is 0 Å². The smallest absolute Gasteiger partial charge is 0.277 e. The number of phenolic OH excluding ortho intramolecular Hbond substituents is 1. The number of hydrogen-bond donors (Lipinski definition) is 2. The lowest BCUT2D eigenvalue weighted by atomic mass is 10.1. The SMILES string of the molecule is COc1cc(C=NNC(=O)COc2ccc(C)c(C)c2)cc(OC)c1O. The van der Waals surface area contributed by atoms with Gasteiger partial charge in [0.25, 0.3) is 5.91 Å². The molecule has 2 rings (SSSR count). The van der Waals surface area contributed by atoms with Gasteiger partial charge in [-0.1, -0.05) is 6.07 Å². The Labute approximate surface area is 152 Å². The molecule has 7 heteroatoms. The van der Waals surface area contributed by atoms with Crippen LogP contribution in [0.25, 0.3) is 0 Å². The molecule has 0 spiro atoms. The first kappa shape index (κ1) is 19.1. The van der Waals surface area contributed by atoms with E-state index in [-0.39, 0.29) is 23.9 Å². The summed E-state index contributed by atoms with van der Waals surface area (Å²) in [7, 11) is 2.86. The molecule has 0 heterocycles. The molecule has 0 atom stereocenters. The molecule has 2 aromatic carbocycles. The molecule has 138 valence electrons. The number of nitrogens with one attached hydrogen (secondary N) is 1. The summed E-state index contributed by atoms with van der Waals surface area (Å²) >= 11 is 0. The molecule has 0 aromatic heterocycles. The Kier molecular flexibility index (Phi) is 6.43. The maximum Gasteiger partial charge on any atom is 0.277 e. The van der Waals surface area contributed by atoms with E-state index in [9.17, 15) is 9.90 Å². The minimum absolute atomic E-state index is 0.0991. The molecule has 0 saturated carbocycles. The molecule has 0 unspecified atom stereocenters. The van der Waals surface area contributed by atoms with Gasteiger partial charge in [0, 0.05) is 5.56 Å². The number of carbonyl (C=O) groups is 1. The van der Waals surface area contributed by atoms with Crippen molar-refractivity contribution in [2.24, 2.45) is 5.10 Å². The molecule has 0 aliphatic rings. The second-order valence-corrected chi connectivity index (χ2v) is 5.60. The first-order valence-electron chi connectivity index (χ1n) is 7.91. The summed E-state index contributed by atoms with van der Waals surface area (Å²) in [6.45, 7) is 3.84. The number of carbonyl (C=O) groups excluding carboxylic acids is 1. The van der Waals surface area contributed by atoms with Crippen molar-refractivity contribution in [3.8, 4) is 23.0 Å². The second kappa shape index (κ2) is 8.75. The monoisotopic (exact) mass is 358 g/mol. The van der Waals surface area contributed by atoms with Gasteiger partial charge in [-0.15, -0.1) is 0 Å². The van der Waals surface area contributed by atoms with E-state index in [4.69, 9.17) is 14.2 Å². The van der Waals surface area contributed by atoms with Crippen molar-refractivity contribution in [2.75, 3.05) is 20.8 Å². The number of hydrazone groups is 1. The normalized spacial score (nSPS) is 10.6. The van der Waals surface area contributed by atoms with Crippen LogP contribution in [0, 0.1) is 13.8 Å². The van der Waals surface area contributed by atoms with Gasteiger partial charge < -0.3 is 19.3 Å². The van der Waals surface area contributed by atoms with Gasteiger partial charge >= 0.3 is 0 Å². The number of hydrogen-bond acceptors (Lipinski definition) is 6. The zero-order valence-electron chi connectivity index (χ0n) is 15.2. The van der Waals surface area contributed by atoms with Gasteiger partial charge in [-0.25, -0.2) is 5.43 Å². The summed E-state index contributed by atoms with van der Waals surface area (Å²) in [5.41, 5.74) is 5.22. The van der Waals surface area contributed by atoms with Gasteiger partial charge in [0.15, 0.2) is 18.1 Å². The second-order valence-electron chi connectivity index (χ2n) is 5.60. The molecule has 7 nitrogen and oxygen atoms in total. The van der Waals surface area contributed by atoms with Crippen LogP contribution in [-0.2, 0) is 4.79 Å². The molecule has 2 aromatic rings. The number of benzene rings is 2. The Morgan fingerprint density at radius 2 is 1.77 bits per heavy atom. The molecule has 0 saturated heterocycles. The van der Waals surface area contributed by atoms with Gasteiger partial charge in [-0.2, -0.15) is 5.10 Å². The molecule has 0 aliphatic heterocycles. The molecule has 26 heavy (non-hydrogen) atoms. The van der Waals surface area contributed by atoms with Crippen LogP contribution in [0.5, 0.6) is 23.0 Å². The largest absolute Gasteiger partial charge is 0.502 e. The first-order valence-corrected chi connectivity index (χ1v) is 7.91. The van der Waals surface area contributed by atoms with Gasteiger partial charge in [-0.3, -0.25) is 4.79 Å². The van der Waals surface area contributed by atoms with Crippen LogP contribution in [0.4, 0.5) is 0 Å². The molecular formula is C19H22N2O5. The number of amides is 1. The highest BCUT2D eigenvalue weighted by molar-refractivity contribution is 5.84. The van der Waals surface area contributed by atoms with Crippen LogP contribution in [0.2, 0.25) is 0 Å². The van der Waals surface area contributed by atoms with Crippen LogP contribution in [0.1, 0.15) is 16.7 Å². The van der Waals surface area contributed by atoms with Crippen LogP contribution < -0.4 is 19.6 Å². The van der Waals surface area contributed by atoms with Crippen molar-refractivity contribution in [1.82, 2.24) is 5.43 Å². The molecule has 0 fully saturated rings. The van der Waals surface area contributed by atoms with Gasteiger partial charge in [-0.05, 0) is 49.2 Å². The van der Waals surface area contributed by atoms with E-state index in [1.165, 1.54) is 20.4 Å². The van der Waals surface area contributed by atoms with Crippen LogP contribution in [-0.4, -0.2) is 38.1 Å². The third-order valence-corrected chi connectivity index (χ3v) is 3.75. The van der Waals surface area contributed by atoms with Crippen LogP contribution in [0.3, 0.4) is 0 Å². The summed E-state index contributed by atoms with van der Waals surface area (Å²) in [5.74, 6) is 0.626. The highest BCUT2D eigenvalue weighted by Gasteiger charge is 2.10. The molecule has 2 N–H and O–H groups in total. The quantitative estimate of drug-likeness (QED) is 0.586. The van der Waals surface area contributed by atoms with E-state index in [2.05, 4.69) is 10.5 Å². The van der Waals surface area contributed by atoms with Gasteiger partial charge in [0.05, 0.1) is 20.4 Å². The Bertz CT molecular complexity index is 793. The zero-order chi connectivity index (χ0) is 19.1. The van der Waals surface area contributed by atoms with Crippen molar-refractivity contribution in [3.63, 3.8) is 0 Å². The average molecular weight is 358 g/mol. The number of ether oxygens (including phenoxy) is 3. The Morgan fingerprint density at radius 3 is 2.35 bits per heavy atom. The number of methoxy groups -OCH3 is 2. The van der Waals surface area contributed by atoms with E-state index < -0.39 is 5.91 Å². The number of phenols is 1. The lowest BCUT2D eigenvalue weighted by Gasteiger charge is -2.09. The standard InChI is InChI=1S/C19H22N2O5/c1-12-5-6-15(7-13(12)2)26-11-18(22)21-20-10-14-8-16(24-3)19(23)17(9-14)25-4/h5-10,23H,11H2,1-4H3,(H,21,22). The minimum Gasteiger partial charge on any atom is -0.502 e. The fraction of sp³-hybridized carbons (Fsp3) is 0.263. The van der Waals surface area contributed by atoms with E-state index in [0.29, 0.717) is 11.3 Å². The van der Waals surface area contributed by atoms with E-state index in [0.717, 1.165) is 11.1 Å². The fourth-order valence-corrected chi connectivity index (χ4v) is 2.15. The Hall–Kier alpha value is -3.22. The number of nitrogens with zero attached hydrogens (tertiary/aromatic N) is 1. The van der Waals surface area contributed by atoms with Gasteiger partial charge in [0.1, 0.15) is 5.75 Å². The lowest BCUT2D eigenvalue weighted by molar-refractivity contribution is -0.123. The van der Waals surface area contributed by atoms with Crippen molar-refractivity contribution >= 4 is 12.1 Å². The van der Waals surface area contributed by atoms with Gasteiger partial charge in [0.2, 0.25) is 5.75 Å². The van der Waals surface area contributed by atoms with Crippen molar-refractivity contribution < 1.29 is 24.1 Å². The molecule has 0 radical (unpaired) electrons. The predicted octanol–water partition coefficient (Wildman–Crippen LogP) is 2.56. The Morgan fingerprint density at radius 1 is 1.12 bits per heavy atom. The van der Waals surface area contributed by atoms with E-state index in [1.54, 1.807) is 12.1 Å². The predicted molar refractivity (Wildman–Crippen MR) is 98.4 cm³/mol. The maximum absolute atomic E-state index is 11.8. The topological polar surface area (TPSA) is 89.4 Å². The van der Waals surface area contributed by atoms with E-state index >= 15 is 0 Å². The molecule has 0 aliphatic carbocycles. The average Bonchev–Trinajstić information content (AvgIpc) is 2.63. The number of aryl methyl sites for hydroxylation is 2. The van der Waals surface area contributed by atoms with Crippen molar-refractivity contribution in [3.05, 3.63) is 47.0 Å². The third kappa shape index (κ3) is 4.89. The number of aromatic hydroxyl groups is 1. The summed E-state index contributed by atoms with van der Waals surface area (Å²) in [6.07, 6.45) is 1.42. The Balaban J connectivity index is 1.93. The number of rotatable bonds is 7. The summed E-state index contributed by atoms with van der Waals surface area (Å²) in [4.78, 5) is 11.8. The third-order valence-electron chi connectivity index (χ3n) is 3.75.